The van der Waals surface area contributed by atoms with Crippen LogP contribution in [-0.2, 0) is 12.8 Å². The van der Waals surface area contributed by atoms with E-state index in [1.807, 2.05) is 7.05 Å². The maximum atomic E-state index is 11.9. The van der Waals surface area contributed by atoms with Gasteiger partial charge in [0.05, 0.1) is 4.88 Å². The fourth-order valence-corrected chi connectivity index (χ4v) is 3.33. The van der Waals surface area contributed by atoms with Crippen LogP contribution in [0.4, 0.5) is 0 Å². The molecule has 0 bridgehead atoms. The Morgan fingerprint density at radius 3 is 2.83 bits per heavy atom. The predicted molar refractivity (Wildman–Crippen MR) is 79.1 cm³/mol. The molecule has 0 aromatic carbocycles. The third-order valence-corrected chi connectivity index (χ3v) is 4.35. The molecule has 3 nitrogen and oxygen atoms in total. The topological polar surface area (TPSA) is 41.1 Å². The molecule has 18 heavy (non-hydrogen) atoms. The quantitative estimate of drug-likeness (QED) is 0.817. The molecule has 1 aromatic heterocycles. The van der Waals surface area contributed by atoms with E-state index in [9.17, 15) is 4.79 Å². The van der Waals surface area contributed by atoms with Gasteiger partial charge in [0, 0.05) is 11.4 Å². The van der Waals surface area contributed by atoms with E-state index in [-0.39, 0.29) is 18.3 Å². The molecule has 0 saturated carbocycles. The van der Waals surface area contributed by atoms with Gasteiger partial charge in [0.1, 0.15) is 0 Å². The van der Waals surface area contributed by atoms with E-state index in [2.05, 4.69) is 16.7 Å². The second-order valence-corrected chi connectivity index (χ2v) is 5.62. The first-order valence-corrected chi connectivity index (χ1v) is 7.17. The molecular formula is C13H21ClN2OS. The van der Waals surface area contributed by atoms with Gasteiger partial charge in [-0.05, 0) is 57.3 Å². The molecule has 5 heteroatoms. The fourth-order valence-electron chi connectivity index (χ4n) is 2.16. The Labute approximate surface area is 119 Å². The van der Waals surface area contributed by atoms with Crippen LogP contribution in [0.3, 0.4) is 0 Å². The molecule has 1 aliphatic rings. The Morgan fingerprint density at radius 2 is 2.11 bits per heavy atom. The van der Waals surface area contributed by atoms with Gasteiger partial charge in [-0.25, -0.2) is 0 Å². The average molecular weight is 289 g/mol. The Kier molecular flexibility index (Phi) is 6.68. The second-order valence-electron chi connectivity index (χ2n) is 4.48. The molecule has 0 unspecified atom stereocenters. The van der Waals surface area contributed by atoms with E-state index in [0.29, 0.717) is 0 Å². The van der Waals surface area contributed by atoms with Gasteiger partial charge < -0.3 is 10.6 Å². The predicted octanol–water partition coefficient (Wildman–Crippen LogP) is 2.39. The van der Waals surface area contributed by atoms with Crippen LogP contribution in [0.25, 0.3) is 0 Å². The summed E-state index contributed by atoms with van der Waals surface area (Å²) in [6.07, 6.45) is 5.84. The lowest BCUT2D eigenvalue weighted by atomic mass is 9.99. The molecule has 0 aliphatic heterocycles. The van der Waals surface area contributed by atoms with Gasteiger partial charge in [0.2, 0.25) is 0 Å². The molecule has 2 rings (SSSR count). The van der Waals surface area contributed by atoms with Crippen LogP contribution in [0.5, 0.6) is 0 Å². The number of hydrogen-bond acceptors (Lipinski definition) is 3. The first-order valence-electron chi connectivity index (χ1n) is 6.35. The van der Waals surface area contributed by atoms with Crippen LogP contribution in [0.1, 0.15) is 39.4 Å². The highest BCUT2D eigenvalue weighted by Crippen LogP contribution is 2.29. The number of rotatable bonds is 5. The number of nitrogens with one attached hydrogen (secondary N) is 2. The zero-order valence-electron chi connectivity index (χ0n) is 10.8. The zero-order valence-corrected chi connectivity index (χ0v) is 12.4. The highest BCUT2D eigenvalue weighted by Gasteiger charge is 2.16. The summed E-state index contributed by atoms with van der Waals surface area (Å²) < 4.78 is 0. The maximum absolute atomic E-state index is 11.9. The van der Waals surface area contributed by atoms with Crippen molar-refractivity contribution in [2.45, 2.75) is 32.1 Å². The molecule has 1 aliphatic carbocycles. The number of carbonyl (C=O) groups excluding carboxylic acids is 1. The largest absolute Gasteiger partial charge is 0.351 e. The summed E-state index contributed by atoms with van der Waals surface area (Å²) in [6, 6.07) is 2.09. The smallest absolute Gasteiger partial charge is 0.261 e. The fraction of sp³-hybridized carbons (Fsp3) is 0.615. The summed E-state index contributed by atoms with van der Waals surface area (Å²) in [5.74, 6) is 0.0977. The Bertz CT molecular complexity index is 369. The molecule has 102 valence electrons. The van der Waals surface area contributed by atoms with Crippen LogP contribution in [-0.4, -0.2) is 26.0 Å². The van der Waals surface area contributed by atoms with Crippen molar-refractivity contribution < 1.29 is 4.79 Å². The maximum Gasteiger partial charge on any atom is 0.261 e. The molecular weight excluding hydrogens is 268 g/mol. The van der Waals surface area contributed by atoms with Crippen molar-refractivity contribution in [3.63, 3.8) is 0 Å². The standard InChI is InChI=1S/C13H20N2OS.ClH/c1-14-7-4-8-15-13(16)12-9-10-5-2-3-6-11(10)17-12;/h9,14H,2-8H2,1H3,(H,15,16);1H. The van der Waals surface area contributed by atoms with Crippen LogP contribution in [0, 0.1) is 0 Å². The molecule has 0 atom stereocenters. The Hall–Kier alpha value is -0.580. The van der Waals surface area contributed by atoms with Gasteiger partial charge in [-0.1, -0.05) is 0 Å². The van der Waals surface area contributed by atoms with Crippen molar-refractivity contribution in [1.82, 2.24) is 10.6 Å². The van der Waals surface area contributed by atoms with Gasteiger partial charge in [0.25, 0.3) is 5.91 Å². The first kappa shape index (κ1) is 15.5. The van der Waals surface area contributed by atoms with E-state index in [0.717, 1.165) is 37.2 Å². The lowest BCUT2D eigenvalue weighted by Gasteiger charge is -2.08. The minimum Gasteiger partial charge on any atom is -0.351 e. The molecule has 0 radical (unpaired) electrons. The highest BCUT2D eigenvalue weighted by molar-refractivity contribution is 7.14. The molecule has 2 N–H and O–H groups in total. The average Bonchev–Trinajstić information content (AvgIpc) is 2.78. The van der Waals surface area contributed by atoms with E-state index in [4.69, 9.17) is 0 Å². The summed E-state index contributed by atoms with van der Waals surface area (Å²) in [6.45, 7) is 1.70. The van der Waals surface area contributed by atoms with Crippen LogP contribution < -0.4 is 10.6 Å². The number of halogens is 1. The molecule has 0 saturated heterocycles. The third-order valence-electron chi connectivity index (χ3n) is 3.11. The molecule has 0 spiro atoms. The summed E-state index contributed by atoms with van der Waals surface area (Å²) in [4.78, 5) is 14.2. The van der Waals surface area contributed by atoms with E-state index in [1.165, 1.54) is 23.3 Å². The normalized spacial score (nSPS) is 13.6. The summed E-state index contributed by atoms with van der Waals surface area (Å²) >= 11 is 1.68. The number of amides is 1. The van der Waals surface area contributed by atoms with E-state index in [1.54, 1.807) is 11.3 Å². The summed E-state index contributed by atoms with van der Waals surface area (Å²) in [5.41, 5.74) is 1.40. The number of carbonyl (C=O) groups is 1. The third kappa shape index (κ3) is 3.97. The number of thiophene rings is 1. The van der Waals surface area contributed by atoms with Gasteiger partial charge in [-0.3, -0.25) is 4.79 Å². The molecule has 1 heterocycles. The molecule has 1 aromatic rings. The lowest BCUT2D eigenvalue weighted by molar-refractivity contribution is 0.0957. The van der Waals surface area contributed by atoms with Crippen molar-refractivity contribution in [2.75, 3.05) is 20.1 Å². The van der Waals surface area contributed by atoms with Gasteiger partial charge in [0.15, 0.2) is 0 Å². The van der Waals surface area contributed by atoms with Crippen molar-refractivity contribution in [3.8, 4) is 0 Å². The van der Waals surface area contributed by atoms with Gasteiger partial charge in [-0.2, -0.15) is 0 Å². The first-order chi connectivity index (χ1) is 8.31. The number of aryl methyl sites for hydroxylation is 2. The Morgan fingerprint density at radius 1 is 1.33 bits per heavy atom. The molecule has 1 amide bonds. The van der Waals surface area contributed by atoms with Crippen LogP contribution in [0.2, 0.25) is 0 Å². The highest BCUT2D eigenvalue weighted by atomic mass is 35.5. The van der Waals surface area contributed by atoms with Crippen molar-refractivity contribution in [2.24, 2.45) is 0 Å². The monoisotopic (exact) mass is 288 g/mol. The summed E-state index contributed by atoms with van der Waals surface area (Å²) in [7, 11) is 1.93. The molecule has 0 fully saturated rings. The Balaban J connectivity index is 0.00000162. The number of fused-ring (bicyclic) bond motifs is 1. The minimum absolute atomic E-state index is 0. The minimum atomic E-state index is 0. The summed E-state index contributed by atoms with van der Waals surface area (Å²) in [5, 5.41) is 6.05. The van der Waals surface area contributed by atoms with E-state index >= 15 is 0 Å². The SMILES string of the molecule is CNCCCNC(=O)c1cc2c(s1)CCCC2.Cl. The van der Waals surface area contributed by atoms with Crippen molar-refractivity contribution in [1.29, 1.82) is 0 Å². The second kappa shape index (κ2) is 7.77. The zero-order chi connectivity index (χ0) is 12.1. The lowest BCUT2D eigenvalue weighted by Crippen LogP contribution is -2.25. The van der Waals surface area contributed by atoms with E-state index < -0.39 is 0 Å². The van der Waals surface area contributed by atoms with Gasteiger partial charge >= 0.3 is 0 Å². The van der Waals surface area contributed by atoms with Crippen LogP contribution >= 0.6 is 23.7 Å². The van der Waals surface area contributed by atoms with Crippen molar-refractivity contribution >= 4 is 29.7 Å². The van der Waals surface area contributed by atoms with Crippen molar-refractivity contribution in [3.05, 3.63) is 21.4 Å². The number of hydrogen-bond donors (Lipinski definition) is 2. The van der Waals surface area contributed by atoms with Gasteiger partial charge in [-0.15, -0.1) is 23.7 Å². The van der Waals surface area contributed by atoms with Crippen LogP contribution in [0.15, 0.2) is 6.07 Å².